The van der Waals surface area contributed by atoms with E-state index in [4.69, 9.17) is 8.92 Å². The third-order valence-electron chi connectivity index (χ3n) is 5.25. The van der Waals surface area contributed by atoms with Crippen LogP contribution in [0.3, 0.4) is 0 Å². The minimum absolute atomic E-state index is 0.0619. The molecule has 0 aliphatic carbocycles. The molecule has 0 saturated heterocycles. The van der Waals surface area contributed by atoms with Crippen LogP contribution < -0.4 is 8.92 Å². The maximum Gasteiger partial charge on any atom is 0.339 e. The molecule has 0 fully saturated rings. The third kappa shape index (κ3) is 4.74. The Balaban J connectivity index is 1.85. The Labute approximate surface area is 193 Å². The van der Waals surface area contributed by atoms with Gasteiger partial charge < -0.3 is 8.92 Å². The lowest BCUT2D eigenvalue weighted by Crippen LogP contribution is -2.10. The molecule has 4 aromatic rings. The van der Waals surface area contributed by atoms with E-state index in [0.29, 0.717) is 22.4 Å². The molecule has 0 N–H and O–H groups in total. The van der Waals surface area contributed by atoms with Gasteiger partial charge in [-0.05, 0) is 71.8 Å². The second-order valence-electron chi connectivity index (χ2n) is 7.45. The summed E-state index contributed by atoms with van der Waals surface area (Å²) in [6.07, 6.45) is 1.66. The molecule has 0 amide bonds. The minimum atomic E-state index is -4.07. The van der Waals surface area contributed by atoms with E-state index in [-0.39, 0.29) is 10.6 Å². The molecule has 0 spiro atoms. The van der Waals surface area contributed by atoms with Crippen molar-refractivity contribution in [1.82, 2.24) is 0 Å². The molecule has 0 aromatic heterocycles. The number of fused-ring (bicyclic) bond motifs is 1. The number of aryl methyl sites for hydroxylation is 1. The average molecular weight is 456 g/mol. The highest BCUT2D eigenvalue weighted by molar-refractivity contribution is 7.87. The fourth-order valence-electron chi connectivity index (χ4n) is 3.46. The molecule has 4 rings (SSSR count). The number of ether oxygens (including phenoxy) is 1. The molecule has 33 heavy (non-hydrogen) atoms. The predicted octanol–water partition coefficient (Wildman–Crippen LogP) is 5.99. The molecule has 0 radical (unpaired) electrons. The van der Waals surface area contributed by atoms with Crippen molar-refractivity contribution in [3.63, 3.8) is 0 Å². The highest BCUT2D eigenvalue weighted by Crippen LogP contribution is 2.34. The highest BCUT2D eigenvalue weighted by atomic mass is 32.2. The third-order valence-corrected chi connectivity index (χ3v) is 6.50. The van der Waals surface area contributed by atoms with Gasteiger partial charge in [0.15, 0.2) is 5.75 Å². The summed E-state index contributed by atoms with van der Waals surface area (Å²) in [5.41, 5.74) is 2.50. The van der Waals surface area contributed by atoms with Crippen LogP contribution in [0.1, 0.15) is 16.7 Å². The van der Waals surface area contributed by atoms with Crippen LogP contribution in [0.15, 0.2) is 89.8 Å². The first-order valence-corrected chi connectivity index (χ1v) is 11.6. The largest absolute Gasteiger partial charge is 0.497 e. The summed E-state index contributed by atoms with van der Waals surface area (Å²) in [7, 11) is -2.49. The molecular formula is C27H21NO4S. The predicted molar refractivity (Wildman–Crippen MR) is 129 cm³/mol. The second-order valence-corrected chi connectivity index (χ2v) is 8.99. The molecule has 5 nitrogen and oxygen atoms in total. The fourth-order valence-corrected chi connectivity index (χ4v) is 4.41. The topological polar surface area (TPSA) is 76.4 Å². The van der Waals surface area contributed by atoms with Gasteiger partial charge in [-0.25, -0.2) is 0 Å². The summed E-state index contributed by atoms with van der Waals surface area (Å²) in [5, 5.41) is 11.5. The first kappa shape index (κ1) is 22.1. The Kier molecular flexibility index (Phi) is 6.16. The summed E-state index contributed by atoms with van der Waals surface area (Å²) in [6.45, 7) is 1.88. The fraction of sp³-hybridized carbons (Fsp3) is 0.0741. The molecule has 0 saturated carbocycles. The van der Waals surface area contributed by atoms with Crippen molar-refractivity contribution >= 4 is 32.5 Å². The van der Waals surface area contributed by atoms with Crippen LogP contribution >= 0.6 is 0 Å². The number of methoxy groups -OCH3 is 1. The van der Waals surface area contributed by atoms with E-state index in [1.165, 1.54) is 12.1 Å². The molecule has 164 valence electrons. The van der Waals surface area contributed by atoms with Crippen LogP contribution in [0.4, 0.5) is 0 Å². The zero-order chi connectivity index (χ0) is 23.4. The van der Waals surface area contributed by atoms with E-state index in [0.717, 1.165) is 16.3 Å². The number of rotatable bonds is 6. The zero-order valence-electron chi connectivity index (χ0n) is 18.1. The van der Waals surface area contributed by atoms with Crippen molar-refractivity contribution < 1.29 is 17.3 Å². The van der Waals surface area contributed by atoms with Crippen molar-refractivity contribution in [2.75, 3.05) is 7.11 Å². The maximum atomic E-state index is 13.0. The van der Waals surface area contributed by atoms with E-state index >= 15 is 0 Å². The lowest BCUT2D eigenvalue weighted by atomic mass is 9.98. The van der Waals surface area contributed by atoms with Crippen LogP contribution in [0, 0.1) is 18.3 Å². The average Bonchev–Trinajstić information content (AvgIpc) is 2.83. The Hall–Kier alpha value is -4.08. The smallest absolute Gasteiger partial charge is 0.339 e. The van der Waals surface area contributed by atoms with Gasteiger partial charge in [-0.1, -0.05) is 48.0 Å². The number of nitrogens with zero attached hydrogens (tertiary/aromatic N) is 1. The first-order valence-electron chi connectivity index (χ1n) is 10.2. The minimum Gasteiger partial charge on any atom is -0.497 e. The van der Waals surface area contributed by atoms with Gasteiger partial charge in [0, 0.05) is 5.56 Å². The van der Waals surface area contributed by atoms with E-state index in [1.807, 2.05) is 31.2 Å². The number of allylic oxidation sites excluding steroid dienone is 1. The van der Waals surface area contributed by atoms with E-state index in [2.05, 4.69) is 6.07 Å². The molecule has 6 heteroatoms. The van der Waals surface area contributed by atoms with Gasteiger partial charge in [-0.3, -0.25) is 0 Å². The summed E-state index contributed by atoms with van der Waals surface area (Å²) >= 11 is 0. The highest BCUT2D eigenvalue weighted by Gasteiger charge is 2.19. The maximum absolute atomic E-state index is 13.0. The van der Waals surface area contributed by atoms with Gasteiger partial charge in [-0.2, -0.15) is 13.7 Å². The molecular weight excluding hydrogens is 434 g/mol. The lowest BCUT2D eigenvalue weighted by molar-refractivity contribution is 0.415. The van der Waals surface area contributed by atoms with Crippen molar-refractivity contribution in [1.29, 1.82) is 5.26 Å². The molecule has 0 unspecified atom stereocenters. The van der Waals surface area contributed by atoms with E-state index in [9.17, 15) is 13.7 Å². The van der Waals surface area contributed by atoms with Crippen molar-refractivity contribution in [2.45, 2.75) is 11.8 Å². The summed E-state index contributed by atoms with van der Waals surface area (Å²) < 4.78 is 36.7. The van der Waals surface area contributed by atoms with Crippen LogP contribution in [0.5, 0.6) is 11.5 Å². The number of nitriles is 1. The number of hydrogen-bond acceptors (Lipinski definition) is 5. The molecule has 4 aromatic carbocycles. The van der Waals surface area contributed by atoms with Crippen molar-refractivity contribution in [3.05, 3.63) is 102 Å². The number of hydrogen-bond donors (Lipinski definition) is 0. The summed E-state index contributed by atoms with van der Waals surface area (Å²) in [6, 6.07) is 26.7. The first-order chi connectivity index (χ1) is 15.9. The monoisotopic (exact) mass is 455 g/mol. The summed E-state index contributed by atoms with van der Waals surface area (Å²) in [5.74, 6) is 0.824. The van der Waals surface area contributed by atoms with Crippen LogP contribution in [-0.4, -0.2) is 15.5 Å². The Morgan fingerprint density at radius 1 is 0.909 bits per heavy atom. The van der Waals surface area contributed by atoms with Gasteiger partial charge in [0.2, 0.25) is 0 Å². The van der Waals surface area contributed by atoms with Gasteiger partial charge in [0.1, 0.15) is 10.6 Å². The molecule has 0 bridgehead atoms. The van der Waals surface area contributed by atoms with Crippen LogP contribution in [0.2, 0.25) is 0 Å². The molecule has 0 heterocycles. The van der Waals surface area contributed by atoms with E-state index < -0.39 is 10.1 Å². The zero-order valence-corrected chi connectivity index (χ0v) is 19.0. The Morgan fingerprint density at radius 3 is 2.27 bits per heavy atom. The van der Waals surface area contributed by atoms with Crippen molar-refractivity contribution in [2.24, 2.45) is 0 Å². The summed E-state index contributed by atoms with van der Waals surface area (Å²) in [4.78, 5) is 0.0619. The van der Waals surface area contributed by atoms with E-state index in [1.54, 1.807) is 61.7 Å². The van der Waals surface area contributed by atoms with Gasteiger partial charge in [0.05, 0.1) is 18.8 Å². The van der Waals surface area contributed by atoms with Gasteiger partial charge in [0.25, 0.3) is 0 Å². The lowest BCUT2D eigenvalue weighted by Gasteiger charge is -2.13. The standard InChI is InChI=1S/C27H21NO4S/c1-19-7-14-24(15-8-19)33(29,30)32-27-16-11-21-5-3-4-6-25(21)26(27)17-22(18-28)20-9-12-23(31-2)13-10-20/h3-17H,1-2H3/b22-17+. The van der Waals surface area contributed by atoms with Gasteiger partial charge in [-0.15, -0.1) is 0 Å². The normalized spacial score (nSPS) is 11.7. The second kappa shape index (κ2) is 9.19. The quantitative estimate of drug-likeness (QED) is 0.203. The molecule has 0 atom stereocenters. The van der Waals surface area contributed by atoms with Crippen LogP contribution in [0.25, 0.3) is 22.4 Å². The van der Waals surface area contributed by atoms with Crippen LogP contribution in [-0.2, 0) is 10.1 Å². The van der Waals surface area contributed by atoms with Crippen molar-refractivity contribution in [3.8, 4) is 17.6 Å². The SMILES string of the molecule is COc1ccc(/C(C#N)=C/c2c(OS(=O)(=O)c3ccc(C)cc3)ccc3ccccc23)cc1. The number of benzene rings is 4. The Bertz CT molecular complexity index is 1480. The Morgan fingerprint density at radius 2 is 1.61 bits per heavy atom. The molecule has 0 aliphatic rings. The molecule has 0 aliphatic heterocycles. The van der Waals surface area contributed by atoms with Gasteiger partial charge >= 0.3 is 10.1 Å².